The van der Waals surface area contributed by atoms with Crippen molar-refractivity contribution in [2.24, 2.45) is 11.7 Å². The normalized spacial score (nSPS) is 23.0. The molecule has 3 amide bonds. The third-order valence-electron chi connectivity index (χ3n) is 8.65. The van der Waals surface area contributed by atoms with Gasteiger partial charge in [0.1, 0.15) is 23.6 Å². The number of carbonyl (C=O) groups is 3. The summed E-state index contributed by atoms with van der Waals surface area (Å²) in [6.45, 7) is 2.33. The van der Waals surface area contributed by atoms with Crippen LogP contribution in [0.25, 0.3) is 5.69 Å². The molecule has 10 nitrogen and oxygen atoms in total. The number of para-hydroxylation sites is 1. The SMILES string of the molecule is CCN1C(=O)[C@@H](NC(=O)c2cccc(C(F)(F)F)c2)[C@@H](C2CC2)c2c(C(O)N3CCSCC3C(N)=O)nn(-c3ccccc3)c21. The zero-order valence-electron chi connectivity index (χ0n) is 24.4. The lowest BCUT2D eigenvalue weighted by Gasteiger charge is -2.40. The number of fused-ring (bicyclic) bond motifs is 1. The summed E-state index contributed by atoms with van der Waals surface area (Å²) < 4.78 is 41.9. The van der Waals surface area contributed by atoms with Gasteiger partial charge in [0, 0.05) is 41.6 Å². The Morgan fingerprint density at radius 1 is 1.16 bits per heavy atom. The molecule has 14 heteroatoms. The van der Waals surface area contributed by atoms with E-state index in [2.05, 4.69) is 5.32 Å². The molecule has 1 saturated heterocycles. The average Bonchev–Trinajstić information content (AvgIpc) is 3.80. The third-order valence-corrected chi connectivity index (χ3v) is 9.67. The van der Waals surface area contributed by atoms with E-state index in [0.717, 1.165) is 31.0 Å². The second-order valence-corrected chi connectivity index (χ2v) is 12.6. The third kappa shape index (κ3) is 5.82. The number of primary amides is 1. The highest BCUT2D eigenvalue weighted by atomic mass is 32.2. The molecule has 2 aliphatic heterocycles. The number of hydrogen-bond acceptors (Lipinski definition) is 7. The first-order chi connectivity index (χ1) is 21.5. The first kappa shape index (κ1) is 31.1. The van der Waals surface area contributed by atoms with Gasteiger partial charge in [-0.25, -0.2) is 4.68 Å². The van der Waals surface area contributed by atoms with Gasteiger partial charge in [-0.15, -0.1) is 0 Å². The minimum absolute atomic E-state index is 0.0539. The fourth-order valence-corrected chi connectivity index (χ4v) is 7.43. The predicted octanol–water partition coefficient (Wildman–Crippen LogP) is 3.44. The molecule has 2 aromatic carbocycles. The van der Waals surface area contributed by atoms with Crippen molar-refractivity contribution in [1.29, 1.82) is 0 Å². The first-order valence-electron chi connectivity index (χ1n) is 14.8. The summed E-state index contributed by atoms with van der Waals surface area (Å²) in [6.07, 6.45) is -4.50. The van der Waals surface area contributed by atoms with Crippen molar-refractivity contribution in [1.82, 2.24) is 20.0 Å². The minimum atomic E-state index is -4.64. The molecule has 1 aliphatic carbocycles. The van der Waals surface area contributed by atoms with Crippen LogP contribution in [0.1, 0.15) is 59.1 Å². The van der Waals surface area contributed by atoms with Crippen molar-refractivity contribution in [2.45, 2.75) is 50.2 Å². The number of nitrogens with one attached hydrogen (secondary N) is 1. The van der Waals surface area contributed by atoms with Crippen LogP contribution in [0.4, 0.5) is 19.0 Å². The van der Waals surface area contributed by atoms with Gasteiger partial charge in [0.05, 0.1) is 11.3 Å². The number of halogens is 3. The van der Waals surface area contributed by atoms with Crippen LogP contribution in [0.2, 0.25) is 0 Å². The van der Waals surface area contributed by atoms with Gasteiger partial charge in [-0.05, 0) is 56.0 Å². The fourth-order valence-electron chi connectivity index (χ4n) is 6.34. The zero-order chi connectivity index (χ0) is 32.0. The molecule has 3 aromatic rings. The van der Waals surface area contributed by atoms with Crippen LogP contribution in [-0.4, -0.2) is 74.2 Å². The number of nitrogens with two attached hydrogens (primary N) is 1. The lowest BCUT2D eigenvalue weighted by Crippen LogP contribution is -2.56. The monoisotopic (exact) mass is 642 g/mol. The number of rotatable bonds is 8. The van der Waals surface area contributed by atoms with E-state index in [1.807, 2.05) is 30.3 Å². The largest absolute Gasteiger partial charge is 0.416 e. The zero-order valence-corrected chi connectivity index (χ0v) is 25.2. The fraction of sp³-hybridized carbons (Fsp3) is 0.419. The molecular weight excluding hydrogens is 609 g/mol. The van der Waals surface area contributed by atoms with E-state index in [0.29, 0.717) is 35.1 Å². The smallest absolute Gasteiger partial charge is 0.372 e. The molecule has 0 radical (unpaired) electrons. The quantitative estimate of drug-likeness (QED) is 0.343. The molecule has 1 aromatic heterocycles. The minimum Gasteiger partial charge on any atom is -0.372 e. The van der Waals surface area contributed by atoms with E-state index in [1.54, 1.807) is 28.3 Å². The Morgan fingerprint density at radius 3 is 2.53 bits per heavy atom. The summed E-state index contributed by atoms with van der Waals surface area (Å²) in [5.74, 6) is -0.994. The van der Waals surface area contributed by atoms with Crippen LogP contribution in [0.5, 0.6) is 0 Å². The molecule has 0 spiro atoms. The van der Waals surface area contributed by atoms with Crippen LogP contribution >= 0.6 is 11.8 Å². The molecule has 6 rings (SSSR count). The summed E-state index contributed by atoms with van der Waals surface area (Å²) in [5, 5.41) is 19.5. The first-order valence-corrected chi connectivity index (χ1v) is 15.9. The second kappa shape index (κ2) is 12.1. The number of aliphatic hydroxyl groups excluding tert-OH is 1. The molecule has 3 heterocycles. The molecule has 3 aliphatic rings. The van der Waals surface area contributed by atoms with Gasteiger partial charge < -0.3 is 16.2 Å². The number of nitrogens with zero attached hydrogens (tertiary/aromatic N) is 4. The van der Waals surface area contributed by atoms with Gasteiger partial charge in [-0.3, -0.25) is 24.2 Å². The van der Waals surface area contributed by atoms with Gasteiger partial charge in [-0.2, -0.15) is 30.0 Å². The van der Waals surface area contributed by atoms with Crippen molar-refractivity contribution in [3.8, 4) is 5.69 Å². The van der Waals surface area contributed by atoms with Gasteiger partial charge in [0.25, 0.3) is 11.8 Å². The lowest BCUT2D eigenvalue weighted by molar-refractivity contribution is -0.137. The molecule has 0 bridgehead atoms. The highest BCUT2D eigenvalue weighted by Gasteiger charge is 2.52. The van der Waals surface area contributed by atoms with Crippen LogP contribution in [0, 0.1) is 5.92 Å². The van der Waals surface area contributed by atoms with Crippen molar-refractivity contribution in [3.05, 3.63) is 77.0 Å². The van der Waals surface area contributed by atoms with Crippen molar-refractivity contribution in [2.75, 3.05) is 29.5 Å². The van der Waals surface area contributed by atoms with Gasteiger partial charge in [0.15, 0.2) is 6.23 Å². The number of aliphatic hydroxyl groups is 1. The van der Waals surface area contributed by atoms with Crippen molar-refractivity contribution in [3.63, 3.8) is 0 Å². The molecule has 45 heavy (non-hydrogen) atoms. The van der Waals surface area contributed by atoms with Crippen LogP contribution in [0.15, 0.2) is 54.6 Å². The van der Waals surface area contributed by atoms with E-state index in [1.165, 1.54) is 11.0 Å². The standard InChI is InChI=1S/C31H33F3N6O4S/c1-2-38-28-23(22(17-11-12-17)24(29(38)43)36-27(42)18-7-6-8-19(15-18)31(32,33)34)25(37-40(28)20-9-4-3-5-10-20)30(44)39-13-14-45-16-21(39)26(35)41/h3-10,15,17,21-22,24,30,44H,2,11-14,16H2,1H3,(H2,35,41)(H,36,42)/t21?,22-,24-,30?/m0/s1. The molecular formula is C31H33F3N6O4S. The van der Waals surface area contributed by atoms with Gasteiger partial charge in [0.2, 0.25) is 5.91 Å². The molecule has 4 N–H and O–H groups in total. The molecule has 4 atom stereocenters. The van der Waals surface area contributed by atoms with E-state index in [-0.39, 0.29) is 23.7 Å². The number of likely N-dealkylation sites (N-methyl/N-ethyl adjacent to an activating group) is 1. The number of aromatic nitrogens is 2. The second-order valence-electron chi connectivity index (χ2n) is 11.4. The summed E-state index contributed by atoms with van der Waals surface area (Å²) >= 11 is 1.56. The number of hydrogen-bond donors (Lipinski definition) is 3. The number of amides is 3. The maximum absolute atomic E-state index is 14.2. The maximum Gasteiger partial charge on any atom is 0.416 e. The van der Waals surface area contributed by atoms with Crippen LogP contribution in [0.3, 0.4) is 0 Å². The predicted molar refractivity (Wildman–Crippen MR) is 162 cm³/mol. The number of thioether (sulfide) groups is 1. The Labute approximate surface area is 261 Å². The lowest BCUT2D eigenvalue weighted by atomic mass is 9.82. The number of carbonyl (C=O) groups excluding carboxylic acids is 3. The molecule has 238 valence electrons. The average molecular weight is 643 g/mol. The number of alkyl halides is 3. The Balaban J connectivity index is 1.48. The van der Waals surface area contributed by atoms with Crippen LogP contribution < -0.4 is 16.0 Å². The van der Waals surface area contributed by atoms with E-state index < -0.39 is 53.7 Å². The van der Waals surface area contributed by atoms with E-state index in [4.69, 9.17) is 10.8 Å². The summed E-state index contributed by atoms with van der Waals surface area (Å²) in [7, 11) is 0. The summed E-state index contributed by atoms with van der Waals surface area (Å²) in [4.78, 5) is 43.2. The Kier molecular flexibility index (Phi) is 8.39. The Bertz CT molecular complexity index is 1610. The van der Waals surface area contributed by atoms with E-state index >= 15 is 0 Å². The number of anilines is 1. The Morgan fingerprint density at radius 2 is 1.89 bits per heavy atom. The molecule has 1 saturated carbocycles. The number of benzene rings is 2. The summed E-state index contributed by atoms with van der Waals surface area (Å²) in [6, 6.07) is 11.3. The van der Waals surface area contributed by atoms with E-state index in [9.17, 15) is 32.7 Å². The topological polar surface area (TPSA) is 134 Å². The van der Waals surface area contributed by atoms with Crippen molar-refractivity contribution >= 4 is 35.3 Å². The van der Waals surface area contributed by atoms with Crippen LogP contribution in [-0.2, 0) is 15.8 Å². The van der Waals surface area contributed by atoms with Gasteiger partial charge >= 0.3 is 6.18 Å². The molecule has 2 unspecified atom stereocenters. The van der Waals surface area contributed by atoms with Crippen molar-refractivity contribution < 1.29 is 32.7 Å². The highest BCUT2D eigenvalue weighted by Crippen LogP contribution is 2.52. The Hall–Kier alpha value is -3.88. The summed E-state index contributed by atoms with van der Waals surface area (Å²) in [5.41, 5.74) is 5.97. The van der Waals surface area contributed by atoms with Gasteiger partial charge in [-0.1, -0.05) is 24.3 Å². The highest BCUT2D eigenvalue weighted by molar-refractivity contribution is 7.99. The maximum atomic E-state index is 14.2. The molecule has 2 fully saturated rings.